The van der Waals surface area contributed by atoms with Crippen molar-refractivity contribution in [1.29, 1.82) is 0 Å². The molecular formula is C9H14N4OS. The van der Waals surface area contributed by atoms with Gasteiger partial charge in [-0.1, -0.05) is 31.7 Å². The van der Waals surface area contributed by atoms with E-state index in [1.54, 1.807) is 6.08 Å². The Bertz CT molecular complexity index is 413. The summed E-state index contributed by atoms with van der Waals surface area (Å²) in [6.45, 7) is 7.33. The molecule has 0 bridgehead atoms. The molecule has 0 radical (unpaired) electrons. The molecule has 2 N–H and O–H groups in total. The second kappa shape index (κ2) is 4.97. The van der Waals surface area contributed by atoms with Crippen molar-refractivity contribution < 1.29 is 0 Å². The normalized spacial score (nSPS) is 10.6. The van der Waals surface area contributed by atoms with Gasteiger partial charge in [-0.2, -0.15) is 4.68 Å². The van der Waals surface area contributed by atoms with E-state index >= 15 is 0 Å². The van der Waals surface area contributed by atoms with Crippen molar-refractivity contribution in [1.82, 2.24) is 14.9 Å². The van der Waals surface area contributed by atoms with Crippen molar-refractivity contribution in [3.63, 3.8) is 0 Å². The van der Waals surface area contributed by atoms with E-state index < -0.39 is 0 Å². The van der Waals surface area contributed by atoms with Gasteiger partial charge in [0.25, 0.3) is 5.56 Å². The highest BCUT2D eigenvalue weighted by Gasteiger charge is 2.12. The number of rotatable bonds is 4. The van der Waals surface area contributed by atoms with Gasteiger partial charge in [-0.05, 0) is 0 Å². The lowest BCUT2D eigenvalue weighted by Crippen LogP contribution is -2.34. The third kappa shape index (κ3) is 2.59. The molecule has 0 aromatic carbocycles. The Kier molecular flexibility index (Phi) is 3.90. The van der Waals surface area contributed by atoms with Gasteiger partial charge in [-0.15, -0.1) is 16.8 Å². The first-order valence-corrected chi connectivity index (χ1v) is 5.55. The number of hydrogen-bond donors (Lipinski definition) is 1. The molecule has 0 aliphatic rings. The molecule has 15 heavy (non-hydrogen) atoms. The third-order valence-corrected chi connectivity index (χ3v) is 2.70. The molecule has 0 atom stereocenters. The number of nitrogens with zero attached hydrogens (tertiary/aromatic N) is 3. The van der Waals surface area contributed by atoms with Crippen molar-refractivity contribution >= 4 is 11.8 Å². The lowest BCUT2D eigenvalue weighted by Gasteiger charge is -2.07. The predicted molar refractivity (Wildman–Crippen MR) is 61.5 cm³/mol. The van der Waals surface area contributed by atoms with Crippen molar-refractivity contribution in [2.24, 2.45) is 0 Å². The Morgan fingerprint density at radius 3 is 2.80 bits per heavy atom. The van der Waals surface area contributed by atoms with Crippen LogP contribution in [-0.2, 0) is 0 Å². The molecule has 0 spiro atoms. The summed E-state index contributed by atoms with van der Waals surface area (Å²) in [5.41, 5.74) is 0.104. The van der Waals surface area contributed by atoms with Crippen molar-refractivity contribution in [2.45, 2.75) is 24.9 Å². The lowest BCUT2D eigenvalue weighted by molar-refractivity contribution is 0.639. The average molecular weight is 226 g/mol. The van der Waals surface area contributed by atoms with Gasteiger partial charge in [-0.3, -0.25) is 4.79 Å². The zero-order valence-corrected chi connectivity index (χ0v) is 9.62. The number of nitrogens with two attached hydrogens (primary N) is 1. The lowest BCUT2D eigenvalue weighted by atomic mass is 10.1. The van der Waals surface area contributed by atoms with Crippen LogP contribution >= 0.6 is 11.8 Å². The fourth-order valence-corrected chi connectivity index (χ4v) is 1.58. The molecule has 82 valence electrons. The van der Waals surface area contributed by atoms with Crippen LogP contribution in [0.25, 0.3) is 0 Å². The van der Waals surface area contributed by atoms with Gasteiger partial charge < -0.3 is 5.84 Å². The summed E-state index contributed by atoms with van der Waals surface area (Å²) in [7, 11) is 0. The summed E-state index contributed by atoms with van der Waals surface area (Å²) in [5.74, 6) is 6.28. The van der Waals surface area contributed by atoms with Crippen LogP contribution in [0.15, 0.2) is 22.6 Å². The zero-order valence-electron chi connectivity index (χ0n) is 8.80. The van der Waals surface area contributed by atoms with E-state index in [1.165, 1.54) is 11.8 Å². The molecular weight excluding hydrogens is 212 g/mol. The van der Waals surface area contributed by atoms with Gasteiger partial charge in [0.15, 0.2) is 0 Å². The van der Waals surface area contributed by atoms with Gasteiger partial charge in [0, 0.05) is 11.7 Å². The maximum Gasteiger partial charge on any atom is 0.294 e. The highest BCUT2D eigenvalue weighted by molar-refractivity contribution is 7.99. The molecule has 1 heterocycles. The van der Waals surface area contributed by atoms with E-state index in [2.05, 4.69) is 16.8 Å². The molecule has 1 rings (SSSR count). The highest BCUT2D eigenvalue weighted by Crippen LogP contribution is 2.12. The minimum Gasteiger partial charge on any atom is -0.334 e. The highest BCUT2D eigenvalue weighted by atomic mass is 32.2. The Morgan fingerprint density at radius 2 is 2.27 bits per heavy atom. The zero-order chi connectivity index (χ0) is 11.4. The first kappa shape index (κ1) is 11.8. The number of nitrogen functional groups attached to an aromatic ring is 1. The minimum atomic E-state index is -0.286. The van der Waals surface area contributed by atoms with Crippen LogP contribution in [0.2, 0.25) is 0 Å². The van der Waals surface area contributed by atoms with Crippen molar-refractivity contribution in [3.8, 4) is 0 Å². The number of hydrogen-bond acceptors (Lipinski definition) is 5. The third-order valence-electron chi connectivity index (χ3n) is 1.76. The van der Waals surface area contributed by atoms with Gasteiger partial charge in [-0.25, -0.2) is 0 Å². The largest absolute Gasteiger partial charge is 0.334 e. The molecule has 0 fully saturated rings. The maximum absolute atomic E-state index is 11.7. The van der Waals surface area contributed by atoms with E-state index in [0.717, 1.165) is 4.68 Å². The van der Waals surface area contributed by atoms with E-state index in [9.17, 15) is 4.79 Å². The Hall–Kier alpha value is -1.30. The molecule has 0 aliphatic carbocycles. The summed E-state index contributed by atoms with van der Waals surface area (Å²) >= 11 is 1.33. The number of thioether (sulfide) groups is 1. The van der Waals surface area contributed by atoms with Crippen molar-refractivity contribution in [2.75, 3.05) is 11.6 Å². The smallest absolute Gasteiger partial charge is 0.294 e. The quantitative estimate of drug-likeness (QED) is 0.466. The van der Waals surface area contributed by atoms with Gasteiger partial charge in [0.1, 0.15) is 5.69 Å². The van der Waals surface area contributed by atoms with Gasteiger partial charge in [0.05, 0.1) is 0 Å². The summed E-state index contributed by atoms with van der Waals surface area (Å²) in [6, 6.07) is 0. The van der Waals surface area contributed by atoms with Gasteiger partial charge in [0.2, 0.25) is 5.16 Å². The second-order valence-electron chi connectivity index (χ2n) is 3.30. The van der Waals surface area contributed by atoms with Crippen LogP contribution in [0.3, 0.4) is 0 Å². The summed E-state index contributed by atoms with van der Waals surface area (Å²) in [4.78, 5) is 11.7. The predicted octanol–water partition coefficient (Wildman–Crippen LogP) is 0.754. The maximum atomic E-state index is 11.7. The molecule has 6 heteroatoms. The molecule has 0 unspecified atom stereocenters. The van der Waals surface area contributed by atoms with E-state index in [4.69, 9.17) is 5.84 Å². The molecule has 0 saturated heterocycles. The first-order valence-electron chi connectivity index (χ1n) is 4.56. The van der Waals surface area contributed by atoms with Crippen LogP contribution in [0.4, 0.5) is 0 Å². The SMILES string of the molecule is C=CCSc1nnc(C(C)C)c(=O)n1N. The molecule has 0 aliphatic heterocycles. The first-order chi connectivity index (χ1) is 7.07. The Morgan fingerprint density at radius 1 is 1.60 bits per heavy atom. The van der Waals surface area contributed by atoms with E-state index in [0.29, 0.717) is 16.6 Å². The van der Waals surface area contributed by atoms with Crippen LogP contribution < -0.4 is 11.4 Å². The Labute approximate surface area is 92.4 Å². The summed E-state index contributed by atoms with van der Waals surface area (Å²) in [5, 5.41) is 8.18. The Balaban J connectivity index is 3.10. The topological polar surface area (TPSA) is 73.8 Å². The van der Waals surface area contributed by atoms with E-state index in [-0.39, 0.29) is 11.5 Å². The van der Waals surface area contributed by atoms with Crippen molar-refractivity contribution in [3.05, 3.63) is 28.7 Å². The molecule has 0 saturated carbocycles. The fourth-order valence-electron chi connectivity index (χ4n) is 0.992. The molecule has 5 nitrogen and oxygen atoms in total. The van der Waals surface area contributed by atoms with Gasteiger partial charge >= 0.3 is 0 Å². The summed E-state index contributed by atoms with van der Waals surface area (Å²) < 4.78 is 1.04. The van der Waals surface area contributed by atoms with Crippen LogP contribution in [0, 0.1) is 0 Å². The standard InChI is InChI=1S/C9H14N4OS/c1-4-5-15-9-12-11-7(6(2)3)8(14)13(9)10/h4,6H,1,5,10H2,2-3H3. The fraction of sp³-hybridized carbons (Fsp3) is 0.444. The monoisotopic (exact) mass is 226 g/mol. The van der Waals surface area contributed by atoms with Crippen LogP contribution in [-0.4, -0.2) is 20.6 Å². The van der Waals surface area contributed by atoms with Crippen LogP contribution in [0.1, 0.15) is 25.5 Å². The molecule has 1 aromatic heterocycles. The van der Waals surface area contributed by atoms with E-state index in [1.807, 2.05) is 13.8 Å². The average Bonchev–Trinajstić information content (AvgIpc) is 2.20. The second-order valence-corrected chi connectivity index (χ2v) is 4.28. The van der Waals surface area contributed by atoms with Crippen LogP contribution in [0.5, 0.6) is 0 Å². The number of aromatic nitrogens is 3. The molecule has 0 amide bonds. The summed E-state index contributed by atoms with van der Waals surface area (Å²) in [6.07, 6.45) is 1.72. The molecule has 1 aromatic rings. The minimum absolute atomic E-state index is 0.0262.